The van der Waals surface area contributed by atoms with E-state index >= 15 is 0 Å². The molecule has 0 radical (unpaired) electrons. The van der Waals surface area contributed by atoms with Crippen molar-refractivity contribution in [3.8, 4) is 0 Å². The van der Waals surface area contributed by atoms with E-state index in [1.165, 1.54) is 0 Å². The van der Waals surface area contributed by atoms with Crippen molar-refractivity contribution in [1.82, 2.24) is 4.98 Å². The van der Waals surface area contributed by atoms with Gasteiger partial charge in [0.2, 0.25) is 0 Å². The number of morpholine rings is 1. The second kappa shape index (κ2) is 4.69. The lowest BCUT2D eigenvalue weighted by Crippen LogP contribution is -2.45. The van der Waals surface area contributed by atoms with Gasteiger partial charge < -0.3 is 14.7 Å². The summed E-state index contributed by atoms with van der Waals surface area (Å²) in [6.07, 6.45) is 1.81. The molecule has 0 aromatic carbocycles. The van der Waals surface area contributed by atoms with Gasteiger partial charge in [-0.2, -0.15) is 0 Å². The first-order chi connectivity index (χ1) is 7.56. The molecule has 1 aromatic heterocycles. The van der Waals surface area contributed by atoms with Crippen LogP contribution in [-0.4, -0.2) is 35.4 Å². The van der Waals surface area contributed by atoms with Crippen molar-refractivity contribution in [3.05, 3.63) is 11.1 Å². The summed E-state index contributed by atoms with van der Waals surface area (Å²) in [5.41, 5.74) is 0. The molecule has 0 spiro atoms. The Kier molecular flexibility index (Phi) is 3.47. The molecule has 0 amide bonds. The third kappa shape index (κ3) is 2.53. The summed E-state index contributed by atoms with van der Waals surface area (Å²) in [5.74, 6) is 0. The monoisotopic (exact) mass is 242 g/mol. The van der Waals surface area contributed by atoms with E-state index in [2.05, 4.69) is 23.7 Å². The lowest BCUT2D eigenvalue weighted by Gasteiger charge is -2.35. The third-order valence-electron chi connectivity index (χ3n) is 2.61. The summed E-state index contributed by atoms with van der Waals surface area (Å²) in [6.45, 7) is 7.66. The van der Waals surface area contributed by atoms with E-state index in [1.807, 2.05) is 0 Å². The molecule has 0 bridgehead atoms. The first kappa shape index (κ1) is 11.8. The maximum absolute atomic E-state index is 9.47. The van der Waals surface area contributed by atoms with Gasteiger partial charge in [-0.3, -0.25) is 0 Å². The molecule has 2 heterocycles. The van der Waals surface area contributed by atoms with Crippen LogP contribution in [0.2, 0.25) is 0 Å². The number of rotatable bonds is 2. The van der Waals surface area contributed by atoms with Crippen molar-refractivity contribution in [3.63, 3.8) is 0 Å². The van der Waals surface area contributed by atoms with Crippen molar-refractivity contribution < 1.29 is 9.84 Å². The van der Waals surface area contributed by atoms with Gasteiger partial charge in [-0.15, -0.1) is 0 Å². The van der Waals surface area contributed by atoms with E-state index in [1.54, 1.807) is 24.5 Å². The topological polar surface area (TPSA) is 45.6 Å². The normalized spacial score (nSPS) is 28.1. The first-order valence-corrected chi connectivity index (χ1v) is 6.42. The zero-order valence-corrected chi connectivity index (χ0v) is 10.7. The van der Waals surface area contributed by atoms with Gasteiger partial charge in [0.05, 0.1) is 23.2 Å². The summed E-state index contributed by atoms with van der Waals surface area (Å²) in [4.78, 5) is 7.51. The van der Waals surface area contributed by atoms with Gasteiger partial charge in [0.25, 0.3) is 0 Å². The second-order valence-electron chi connectivity index (χ2n) is 4.38. The Labute approximate surface area is 99.9 Å². The molecule has 5 heteroatoms. The lowest BCUT2D eigenvalue weighted by atomic mass is 10.2. The van der Waals surface area contributed by atoms with Crippen molar-refractivity contribution >= 4 is 16.5 Å². The standard InChI is InChI=1S/C11H18N2O2S/c1-7-5-13(6-8(2)15-7)11-12-4-10(16-11)9(3)14/h4,7-9,14H,5-6H2,1-3H3. The van der Waals surface area contributed by atoms with Crippen LogP contribution in [0.5, 0.6) is 0 Å². The summed E-state index contributed by atoms with van der Waals surface area (Å²) in [6, 6.07) is 0. The average Bonchev–Trinajstić information content (AvgIpc) is 2.64. The van der Waals surface area contributed by atoms with Crippen molar-refractivity contribution in [2.45, 2.75) is 39.1 Å². The smallest absolute Gasteiger partial charge is 0.185 e. The van der Waals surface area contributed by atoms with Crippen molar-refractivity contribution in [2.24, 2.45) is 0 Å². The highest BCUT2D eigenvalue weighted by atomic mass is 32.1. The van der Waals surface area contributed by atoms with Gasteiger partial charge >= 0.3 is 0 Å². The predicted molar refractivity (Wildman–Crippen MR) is 65.0 cm³/mol. The number of thiazole rings is 1. The fourth-order valence-electron chi connectivity index (χ4n) is 1.95. The number of aliphatic hydroxyl groups excluding tert-OH is 1. The largest absolute Gasteiger partial charge is 0.388 e. The molecule has 0 aliphatic carbocycles. The van der Waals surface area contributed by atoms with Gasteiger partial charge in [0.15, 0.2) is 5.13 Å². The number of hydrogen-bond acceptors (Lipinski definition) is 5. The second-order valence-corrected chi connectivity index (χ2v) is 5.42. The minimum atomic E-state index is -0.429. The van der Waals surface area contributed by atoms with E-state index < -0.39 is 6.10 Å². The summed E-state index contributed by atoms with van der Waals surface area (Å²) in [7, 11) is 0. The van der Waals surface area contributed by atoms with E-state index in [0.29, 0.717) is 0 Å². The molecule has 1 N–H and O–H groups in total. The summed E-state index contributed by atoms with van der Waals surface area (Å²) in [5, 5.41) is 10.5. The van der Waals surface area contributed by atoms with Gasteiger partial charge in [-0.05, 0) is 20.8 Å². The minimum absolute atomic E-state index is 0.239. The zero-order chi connectivity index (χ0) is 11.7. The Balaban J connectivity index is 2.10. The molecule has 1 aliphatic heterocycles. The number of nitrogens with zero attached hydrogens (tertiary/aromatic N) is 2. The van der Waals surface area contributed by atoms with Gasteiger partial charge in [0.1, 0.15) is 0 Å². The molecule has 1 saturated heterocycles. The molecular weight excluding hydrogens is 224 g/mol. The molecule has 16 heavy (non-hydrogen) atoms. The molecule has 1 aliphatic rings. The minimum Gasteiger partial charge on any atom is -0.388 e. The Morgan fingerprint density at radius 3 is 2.62 bits per heavy atom. The van der Waals surface area contributed by atoms with Crippen LogP contribution in [0, 0.1) is 0 Å². The molecule has 90 valence electrons. The zero-order valence-electron chi connectivity index (χ0n) is 9.88. The number of aliphatic hydroxyl groups is 1. The highest BCUT2D eigenvalue weighted by molar-refractivity contribution is 7.15. The van der Waals surface area contributed by atoms with Crippen LogP contribution in [0.4, 0.5) is 5.13 Å². The first-order valence-electron chi connectivity index (χ1n) is 5.60. The lowest BCUT2D eigenvalue weighted by molar-refractivity contribution is -0.00522. The molecule has 2 rings (SSSR count). The molecule has 3 atom stereocenters. The van der Waals surface area contributed by atoms with Gasteiger partial charge in [-0.1, -0.05) is 11.3 Å². The number of ether oxygens (including phenoxy) is 1. The van der Waals surface area contributed by atoms with Crippen molar-refractivity contribution in [2.75, 3.05) is 18.0 Å². The van der Waals surface area contributed by atoms with E-state index in [9.17, 15) is 5.11 Å². The van der Waals surface area contributed by atoms with Crippen molar-refractivity contribution in [1.29, 1.82) is 0 Å². The van der Waals surface area contributed by atoms with Gasteiger partial charge in [0, 0.05) is 19.3 Å². The van der Waals surface area contributed by atoms with Crippen LogP contribution in [0.3, 0.4) is 0 Å². The highest BCUT2D eigenvalue weighted by Gasteiger charge is 2.24. The molecule has 4 nitrogen and oxygen atoms in total. The fourth-order valence-corrected chi connectivity index (χ4v) is 2.82. The molecule has 1 aromatic rings. The van der Waals surface area contributed by atoms with Crippen LogP contribution in [0.1, 0.15) is 31.8 Å². The van der Waals surface area contributed by atoms with Crippen LogP contribution < -0.4 is 4.90 Å². The van der Waals surface area contributed by atoms with Crippen LogP contribution in [-0.2, 0) is 4.74 Å². The Morgan fingerprint density at radius 2 is 2.12 bits per heavy atom. The SMILES string of the molecule is CC1CN(c2ncc(C(C)O)s2)CC(C)O1. The Hall–Kier alpha value is -0.650. The van der Waals surface area contributed by atoms with E-state index in [-0.39, 0.29) is 12.2 Å². The fraction of sp³-hybridized carbons (Fsp3) is 0.727. The Bertz CT molecular complexity index is 344. The molecular formula is C11H18N2O2S. The number of hydrogen-bond donors (Lipinski definition) is 1. The van der Waals surface area contributed by atoms with E-state index in [0.717, 1.165) is 23.1 Å². The number of aromatic nitrogens is 1. The third-order valence-corrected chi connectivity index (χ3v) is 3.84. The van der Waals surface area contributed by atoms with E-state index in [4.69, 9.17) is 4.74 Å². The van der Waals surface area contributed by atoms with Crippen LogP contribution in [0.25, 0.3) is 0 Å². The summed E-state index contributed by atoms with van der Waals surface area (Å²) >= 11 is 1.56. The summed E-state index contributed by atoms with van der Waals surface area (Å²) < 4.78 is 5.68. The molecule has 1 fully saturated rings. The molecule has 3 unspecified atom stereocenters. The van der Waals surface area contributed by atoms with Crippen LogP contribution >= 0.6 is 11.3 Å². The average molecular weight is 242 g/mol. The maximum Gasteiger partial charge on any atom is 0.185 e. The highest BCUT2D eigenvalue weighted by Crippen LogP contribution is 2.28. The van der Waals surface area contributed by atoms with Crippen LogP contribution in [0.15, 0.2) is 6.20 Å². The quantitative estimate of drug-likeness (QED) is 0.859. The predicted octanol–water partition coefficient (Wildman–Crippen LogP) is 1.81. The maximum atomic E-state index is 9.47. The Morgan fingerprint density at radius 1 is 1.50 bits per heavy atom. The van der Waals surface area contributed by atoms with Gasteiger partial charge in [-0.25, -0.2) is 4.98 Å². The molecule has 0 saturated carbocycles. The number of anilines is 1.